The van der Waals surface area contributed by atoms with Crippen molar-refractivity contribution in [1.29, 1.82) is 0 Å². The second kappa shape index (κ2) is 7.95. The van der Waals surface area contributed by atoms with Crippen molar-refractivity contribution in [2.24, 2.45) is 0 Å². The Morgan fingerprint density at radius 2 is 1.81 bits per heavy atom. The average molecular weight is 359 g/mol. The molecule has 2 aromatic carbocycles. The Hall–Kier alpha value is -2.96. The summed E-state index contributed by atoms with van der Waals surface area (Å²) in [7, 11) is 3.12. The number of piperazine rings is 1. The molecule has 1 aliphatic rings. The summed E-state index contributed by atoms with van der Waals surface area (Å²) in [6.45, 7) is 2.41. The van der Waals surface area contributed by atoms with E-state index in [0.29, 0.717) is 43.4 Å². The molecule has 1 aliphatic heterocycles. The molecule has 0 saturated carbocycles. The zero-order chi connectivity index (χ0) is 18.5. The monoisotopic (exact) mass is 359 g/mol. The molecular formula is C19H22FN3O3. The number of nitrogens with one attached hydrogen (secondary N) is 1. The van der Waals surface area contributed by atoms with Gasteiger partial charge in [0.1, 0.15) is 17.3 Å². The molecule has 0 spiro atoms. The largest absolute Gasteiger partial charge is 0.497 e. The molecule has 3 rings (SSSR count). The van der Waals surface area contributed by atoms with Crippen LogP contribution in [0.1, 0.15) is 0 Å². The van der Waals surface area contributed by atoms with Crippen LogP contribution in [0.3, 0.4) is 0 Å². The zero-order valence-electron chi connectivity index (χ0n) is 14.9. The molecule has 0 aromatic heterocycles. The van der Waals surface area contributed by atoms with E-state index >= 15 is 0 Å². The first kappa shape index (κ1) is 17.8. The fraction of sp³-hybridized carbons (Fsp3) is 0.316. The number of halogens is 1. The van der Waals surface area contributed by atoms with Gasteiger partial charge >= 0.3 is 6.03 Å². The number of hydrogen-bond acceptors (Lipinski definition) is 4. The summed E-state index contributed by atoms with van der Waals surface area (Å²) in [5.74, 6) is 0.939. The van der Waals surface area contributed by atoms with E-state index in [-0.39, 0.29) is 11.8 Å². The molecule has 1 heterocycles. The van der Waals surface area contributed by atoms with Gasteiger partial charge in [-0.15, -0.1) is 0 Å². The fourth-order valence-electron chi connectivity index (χ4n) is 2.94. The first-order valence-electron chi connectivity index (χ1n) is 8.39. The Labute approximate surface area is 152 Å². The molecule has 1 fully saturated rings. The average Bonchev–Trinajstić information content (AvgIpc) is 2.68. The topological polar surface area (TPSA) is 54.0 Å². The van der Waals surface area contributed by atoms with E-state index in [0.717, 1.165) is 5.69 Å². The van der Waals surface area contributed by atoms with Crippen molar-refractivity contribution in [2.45, 2.75) is 0 Å². The Kier molecular flexibility index (Phi) is 5.46. The summed E-state index contributed by atoms with van der Waals surface area (Å²) in [5.41, 5.74) is 1.42. The quantitative estimate of drug-likeness (QED) is 0.911. The molecule has 0 radical (unpaired) electrons. The lowest BCUT2D eigenvalue weighted by Crippen LogP contribution is -2.50. The lowest BCUT2D eigenvalue weighted by Gasteiger charge is -2.36. The van der Waals surface area contributed by atoms with Crippen molar-refractivity contribution in [3.8, 4) is 11.5 Å². The number of hydrogen-bond donors (Lipinski definition) is 1. The lowest BCUT2D eigenvalue weighted by atomic mass is 10.2. The molecule has 7 heteroatoms. The van der Waals surface area contributed by atoms with Gasteiger partial charge < -0.3 is 24.6 Å². The predicted molar refractivity (Wildman–Crippen MR) is 98.8 cm³/mol. The number of anilines is 2. The van der Waals surface area contributed by atoms with E-state index in [2.05, 4.69) is 10.2 Å². The summed E-state index contributed by atoms with van der Waals surface area (Å²) in [6, 6.07) is 11.6. The number of benzene rings is 2. The van der Waals surface area contributed by atoms with E-state index in [1.807, 2.05) is 6.07 Å². The van der Waals surface area contributed by atoms with Crippen LogP contribution in [-0.2, 0) is 0 Å². The summed E-state index contributed by atoms with van der Waals surface area (Å²) in [4.78, 5) is 16.3. The third-order valence-electron chi connectivity index (χ3n) is 4.39. The third kappa shape index (κ3) is 3.99. The van der Waals surface area contributed by atoms with Crippen molar-refractivity contribution in [2.75, 3.05) is 50.6 Å². The van der Waals surface area contributed by atoms with Gasteiger partial charge in [0.25, 0.3) is 0 Å². The fourth-order valence-corrected chi connectivity index (χ4v) is 2.94. The van der Waals surface area contributed by atoms with Gasteiger partial charge in [-0.25, -0.2) is 9.18 Å². The van der Waals surface area contributed by atoms with Gasteiger partial charge in [0.05, 0.1) is 19.9 Å². The van der Waals surface area contributed by atoms with Crippen molar-refractivity contribution in [3.63, 3.8) is 0 Å². The summed E-state index contributed by atoms with van der Waals surface area (Å²) in [5, 5.41) is 2.87. The SMILES string of the molecule is COc1ccc(NC(=O)N2CCN(c3cccc(F)c3)CC2)c(OC)c1. The number of rotatable bonds is 4. The van der Waals surface area contributed by atoms with Crippen LogP contribution < -0.4 is 19.7 Å². The number of nitrogens with zero attached hydrogens (tertiary/aromatic N) is 2. The first-order valence-corrected chi connectivity index (χ1v) is 8.39. The highest BCUT2D eigenvalue weighted by molar-refractivity contribution is 5.91. The van der Waals surface area contributed by atoms with Gasteiger partial charge in [-0.3, -0.25) is 0 Å². The maximum atomic E-state index is 13.4. The Morgan fingerprint density at radius 1 is 1.04 bits per heavy atom. The summed E-state index contributed by atoms with van der Waals surface area (Å²) < 4.78 is 23.8. The molecule has 138 valence electrons. The molecule has 1 saturated heterocycles. The van der Waals surface area contributed by atoms with Crippen LogP contribution in [0.5, 0.6) is 11.5 Å². The van der Waals surface area contributed by atoms with Gasteiger partial charge in [0.2, 0.25) is 0 Å². The minimum absolute atomic E-state index is 0.188. The Bertz CT molecular complexity index is 776. The second-order valence-electron chi connectivity index (χ2n) is 5.95. The molecule has 0 bridgehead atoms. The number of amides is 2. The van der Waals surface area contributed by atoms with Crippen LogP contribution in [0.4, 0.5) is 20.6 Å². The van der Waals surface area contributed by atoms with Crippen LogP contribution in [0.2, 0.25) is 0 Å². The standard InChI is InChI=1S/C19H22FN3O3/c1-25-16-6-7-17(18(13-16)26-2)21-19(24)23-10-8-22(9-11-23)15-5-3-4-14(20)12-15/h3-7,12-13H,8-11H2,1-2H3,(H,21,24). The minimum Gasteiger partial charge on any atom is -0.497 e. The predicted octanol–water partition coefficient (Wildman–Crippen LogP) is 3.20. The highest BCUT2D eigenvalue weighted by Crippen LogP contribution is 2.29. The number of urea groups is 1. The van der Waals surface area contributed by atoms with E-state index in [1.165, 1.54) is 12.1 Å². The molecule has 0 atom stereocenters. The summed E-state index contributed by atoms with van der Waals surface area (Å²) in [6.07, 6.45) is 0. The molecule has 1 N–H and O–H groups in total. The number of ether oxygens (including phenoxy) is 2. The normalized spacial score (nSPS) is 14.1. The van der Waals surface area contributed by atoms with Crippen LogP contribution in [-0.4, -0.2) is 51.3 Å². The van der Waals surface area contributed by atoms with Crippen LogP contribution >= 0.6 is 0 Å². The first-order chi connectivity index (χ1) is 12.6. The molecule has 0 aliphatic carbocycles. The van der Waals surface area contributed by atoms with Gasteiger partial charge in [-0.05, 0) is 30.3 Å². The molecule has 6 nitrogen and oxygen atoms in total. The Morgan fingerprint density at radius 3 is 2.46 bits per heavy atom. The summed E-state index contributed by atoms with van der Waals surface area (Å²) >= 11 is 0. The third-order valence-corrected chi connectivity index (χ3v) is 4.39. The van der Waals surface area contributed by atoms with Gasteiger partial charge in [-0.1, -0.05) is 6.07 Å². The molecule has 26 heavy (non-hydrogen) atoms. The van der Waals surface area contributed by atoms with E-state index in [1.54, 1.807) is 43.4 Å². The number of carbonyl (C=O) groups is 1. The maximum absolute atomic E-state index is 13.4. The van der Waals surface area contributed by atoms with Gasteiger partial charge in [0.15, 0.2) is 0 Å². The molecule has 2 aromatic rings. The van der Waals surface area contributed by atoms with E-state index in [4.69, 9.17) is 9.47 Å². The Balaban J connectivity index is 1.60. The highest BCUT2D eigenvalue weighted by atomic mass is 19.1. The van der Waals surface area contributed by atoms with Crippen molar-refractivity contribution >= 4 is 17.4 Å². The number of methoxy groups -OCH3 is 2. The molecule has 2 amide bonds. The van der Waals surface area contributed by atoms with E-state index < -0.39 is 0 Å². The molecule has 0 unspecified atom stereocenters. The number of carbonyl (C=O) groups excluding carboxylic acids is 1. The van der Waals surface area contributed by atoms with Crippen LogP contribution in [0.15, 0.2) is 42.5 Å². The zero-order valence-corrected chi connectivity index (χ0v) is 14.9. The van der Waals surface area contributed by atoms with Gasteiger partial charge in [0, 0.05) is 37.9 Å². The van der Waals surface area contributed by atoms with Crippen molar-refractivity contribution in [1.82, 2.24) is 4.90 Å². The maximum Gasteiger partial charge on any atom is 0.322 e. The lowest BCUT2D eigenvalue weighted by molar-refractivity contribution is 0.208. The van der Waals surface area contributed by atoms with Crippen molar-refractivity contribution < 1.29 is 18.7 Å². The highest BCUT2D eigenvalue weighted by Gasteiger charge is 2.22. The van der Waals surface area contributed by atoms with E-state index in [9.17, 15) is 9.18 Å². The smallest absolute Gasteiger partial charge is 0.322 e. The second-order valence-corrected chi connectivity index (χ2v) is 5.95. The minimum atomic E-state index is -0.255. The van der Waals surface area contributed by atoms with Crippen LogP contribution in [0.25, 0.3) is 0 Å². The van der Waals surface area contributed by atoms with Gasteiger partial charge in [-0.2, -0.15) is 0 Å². The van der Waals surface area contributed by atoms with Crippen molar-refractivity contribution in [3.05, 3.63) is 48.3 Å². The molecular weight excluding hydrogens is 337 g/mol. The van der Waals surface area contributed by atoms with Crippen LogP contribution in [0, 0.1) is 5.82 Å².